The molecule has 69 valence electrons. The molecule has 0 unspecified atom stereocenters. The molecule has 0 bridgehead atoms. The lowest BCUT2D eigenvalue weighted by atomic mass is 10.1. The highest BCUT2D eigenvalue weighted by atomic mass is 32.2. The molecular formula is C11H19S. The van der Waals surface area contributed by atoms with Gasteiger partial charge in [-0.2, -0.15) is 11.8 Å². The molecule has 0 atom stereocenters. The molecule has 0 aromatic heterocycles. The summed E-state index contributed by atoms with van der Waals surface area (Å²) in [5, 5.41) is 0. The maximum absolute atomic E-state index is 6.72. The molecule has 0 aliphatic carbocycles. The zero-order chi connectivity index (χ0) is 9.07. The van der Waals surface area contributed by atoms with E-state index in [1.807, 2.05) is 11.8 Å². The summed E-state index contributed by atoms with van der Waals surface area (Å²) in [6, 6.07) is 0. The van der Waals surface area contributed by atoms with Crippen LogP contribution in [0.4, 0.5) is 0 Å². The van der Waals surface area contributed by atoms with E-state index >= 15 is 0 Å². The monoisotopic (exact) mass is 183 g/mol. The number of hydrogen-bond donors (Lipinski definition) is 0. The molecule has 0 nitrogen and oxygen atoms in total. The van der Waals surface area contributed by atoms with Gasteiger partial charge in [0.15, 0.2) is 0 Å². The van der Waals surface area contributed by atoms with Gasteiger partial charge in [-0.25, -0.2) is 0 Å². The number of rotatable bonds is 8. The normalized spacial score (nSPS) is 9.67. The molecule has 0 aromatic rings. The molecule has 0 rings (SSSR count). The zero-order valence-corrected chi connectivity index (χ0v) is 8.88. The summed E-state index contributed by atoms with van der Waals surface area (Å²) in [6.45, 7) is 0. The first-order valence-corrected chi connectivity index (χ1v) is 6.19. The van der Waals surface area contributed by atoms with Gasteiger partial charge in [0.05, 0.1) is 0 Å². The second-order valence-electron chi connectivity index (χ2n) is 3.04. The fraction of sp³-hybridized carbons (Fsp3) is 0.818. The van der Waals surface area contributed by atoms with Crippen LogP contribution < -0.4 is 0 Å². The van der Waals surface area contributed by atoms with Crippen molar-refractivity contribution in [1.29, 1.82) is 0 Å². The van der Waals surface area contributed by atoms with Gasteiger partial charge < -0.3 is 0 Å². The van der Waals surface area contributed by atoms with Gasteiger partial charge in [-0.05, 0) is 31.3 Å². The summed E-state index contributed by atoms with van der Waals surface area (Å²) in [5.41, 5.74) is 0. The Morgan fingerprint density at radius 3 is 2.17 bits per heavy atom. The van der Waals surface area contributed by atoms with Crippen LogP contribution in [0.15, 0.2) is 0 Å². The summed E-state index contributed by atoms with van der Waals surface area (Å²) in [6.07, 6.45) is 17.7. The summed E-state index contributed by atoms with van der Waals surface area (Å²) >= 11 is 1.94. The molecule has 0 aliphatic rings. The lowest BCUT2D eigenvalue weighted by Crippen LogP contribution is -1.81. The molecule has 0 saturated heterocycles. The number of thioether (sulfide) groups is 1. The van der Waals surface area contributed by atoms with Crippen molar-refractivity contribution in [2.45, 2.75) is 44.9 Å². The average molecular weight is 183 g/mol. The van der Waals surface area contributed by atoms with Crippen LogP contribution in [0.5, 0.6) is 0 Å². The van der Waals surface area contributed by atoms with Crippen LogP contribution in [0, 0.1) is 12.3 Å². The minimum atomic E-state index is 0.852. The third-order valence-electron chi connectivity index (χ3n) is 1.90. The van der Waals surface area contributed by atoms with Crippen LogP contribution in [0.25, 0.3) is 0 Å². The van der Waals surface area contributed by atoms with Crippen LogP contribution in [-0.2, 0) is 0 Å². The Hall–Kier alpha value is -0.0900. The molecular weight excluding hydrogens is 164 g/mol. The van der Waals surface area contributed by atoms with E-state index in [1.165, 1.54) is 37.9 Å². The number of unbranched alkanes of at least 4 members (excludes halogenated alkanes) is 6. The van der Waals surface area contributed by atoms with Gasteiger partial charge >= 0.3 is 0 Å². The van der Waals surface area contributed by atoms with Crippen molar-refractivity contribution in [1.82, 2.24) is 0 Å². The molecule has 0 fully saturated rings. The lowest BCUT2D eigenvalue weighted by molar-refractivity contribution is 0.616. The zero-order valence-electron chi connectivity index (χ0n) is 8.07. The van der Waals surface area contributed by atoms with E-state index in [1.54, 1.807) is 0 Å². The maximum Gasteiger partial charge on any atom is 0.00989 e. The van der Waals surface area contributed by atoms with Crippen molar-refractivity contribution in [2.75, 3.05) is 12.0 Å². The predicted octanol–water partition coefficient (Wildman–Crippen LogP) is 3.67. The largest absolute Gasteiger partial charge is 0.165 e. The second kappa shape index (κ2) is 10.9. The van der Waals surface area contributed by atoms with Gasteiger partial charge in [-0.3, -0.25) is 0 Å². The van der Waals surface area contributed by atoms with Crippen LogP contribution in [0.1, 0.15) is 44.9 Å². The molecule has 0 heterocycles. The Labute approximate surface area is 81.5 Å². The topological polar surface area (TPSA) is 0 Å². The molecule has 0 spiro atoms. The fourth-order valence-corrected chi connectivity index (χ4v) is 1.66. The van der Waals surface area contributed by atoms with Gasteiger partial charge in [-0.15, -0.1) is 0 Å². The van der Waals surface area contributed by atoms with Crippen LogP contribution in [0.3, 0.4) is 0 Å². The van der Waals surface area contributed by atoms with Crippen molar-refractivity contribution in [3.05, 3.63) is 6.42 Å². The molecule has 12 heavy (non-hydrogen) atoms. The smallest absolute Gasteiger partial charge is 0.00989 e. The first kappa shape index (κ1) is 11.9. The quantitative estimate of drug-likeness (QED) is 0.409. The van der Waals surface area contributed by atoms with Crippen molar-refractivity contribution in [2.24, 2.45) is 0 Å². The van der Waals surface area contributed by atoms with E-state index in [2.05, 4.69) is 12.2 Å². The molecule has 0 aliphatic heterocycles. The summed E-state index contributed by atoms with van der Waals surface area (Å²) in [5.74, 6) is 3.74. The van der Waals surface area contributed by atoms with Crippen molar-refractivity contribution < 1.29 is 0 Å². The van der Waals surface area contributed by atoms with Crippen LogP contribution >= 0.6 is 11.8 Å². The second-order valence-corrected chi connectivity index (χ2v) is 4.03. The third-order valence-corrected chi connectivity index (χ3v) is 2.60. The fourth-order valence-electron chi connectivity index (χ4n) is 1.17. The van der Waals surface area contributed by atoms with Gasteiger partial charge in [-0.1, -0.05) is 31.6 Å². The van der Waals surface area contributed by atoms with Gasteiger partial charge in [0, 0.05) is 6.42 Å². The third kappa shape index (κ3) is 9.91. The van der Waals surface area contributed by atoms with E-state index < -0.39 is 0 Å². The SMILES string of the molecule is [C]#CCCCCCCCCSC. The van der Waals surface area contributed by atoms with E-state index in [0.29, 0.717) is 0 Å². The Morgan fingerprint density at radius 2 is 1.58 bits per heavy atom. The molecule has 0 aromatic carbocycles. The Balaban J connectivity index is 2.78. The molecule has 0 N–H and O–H groups in total. The van der Waals surface area contributed by atoms with E-state index in [9.17, 15) is 0 Å². The van der Waals surface area contributed by atoms with E-state index in [4.69, 9.17) is 6.42 Å². The Morgan fingerprint density at radius 1 is 1.00 bits per heavy atom. The van der Waals surface area contributed by atoms with Gasteiger partial charge in [0.1, 0.15) is 0 Å². The highest BCUT2D eigenvalue weighted by Crippen LogP contribution is 2.08. The van der Waals surface area contributed by atoms with Crippen molar-refractivity contribution >= 4 is 11.8 Å². The summed E-state index contributed by atoms with van der Waals surface area (Å²) < 4.78 is 0. The van der Waals surface area contributed by atoms with Crippen molar-refractivity contribution in [3.8, 4) is 5.92 Å². The highest BCUT2D eigenvalue weighted by Gasteiger charge is 1.89. The van der Waals surface area contributed by atoms with Crippen LogP contribution in [-0.4, -0.2) is 12.0 Å². The summed E-state index contributed by atoms with van der Waals surface area (Å²) in [7, 11) is 0. The average Bonchev–Trinajstić information content (AvgIpc) is 2.10. The standard InChI is InChI=1S/C11H19S/c1-3-4-5-6-7-8-9-10-11-12-2/h4-11H2,2H3. The lowest BCUT2D eigenvalue weighted by Gasteiger charge is -1.98. The van der Waals surface area contributed by atoms with Crippen LogP contribution in [0.2, 0.25) is 0 Å². The minimum Gasteiger partial charge on any atom is -0.165 e. The molecule has 1 heteroatoms. The molecule has 0 saturated carbocycles. The Bertz CT molecular complexity index is 113. The number of hydrogen-bond acceptors (Lipinski definition) is 1. The molecule has 0 amide bonds. The Kier molecular flexibility index (Phi) is 10.8. The van der Waals surface area contributed by atoms with Crippen molar-refractivity contribution in [3.63, 3.8) is 0 Å². The highest BCUT2D eigenvalue weighted by molar-refractivity contribution is 7.98. The molecule has 1 radical (unpaired) electrons. The predicted molar refractivity (Wildman–Crippen MR) is 57.8 cm³/mol. The first-order chi connectivity index (χ1) is 5.91. The first-order valence-electron chi connectivity index (χ1n) is 4.80. The van der Waals surface area contributed by atoms with Gasteiger partial charge in [0.2, 0.25) is 0 Å². The van der Waals surface area contributed by atoms with Gasteiger partial charge in [0.25, 0.3) is 0 Å². The summed E-state index contributed by atoms with van der Waals surface area (Å²) in [4.78, 5) is 0. The van der Waals surface area contributed by atoms with E-state index in [-0.39, 0.29) is 0 Å². The minimum absolute atomic E-state index is 0.852. The van der Waals surface area contributed by atoms with E-state index in [0.717, 1.165) is 12.8 Å². The maximum atomic E-state index is 6.72.